The molecule has 0 amide bonds. The van der Waals surface area contributed by atoms with Gasteiger partial charge in [0.25, 0.3) is 0 Å². The van der Waals surface area contributed by atoms with Crippen molar-refractivity contribution >= 4 is 0 Å². The Morgan fingerprint density at radius 3 is 3.20 bits per heavy atom. The van der Waals surface area contributed by atoms with E-state index in [1.54, 1.807) is 7.11 Å². The molecule has 0 fully saturated rings. The van der Waals surface area contributed by atoms with Gasteiger partial charge in [0.2, 0.25) is 0 Å². The minimum absolute atomic E-state index is 0.173. The van der Waals surface area contributed by atoms with Crippen molar-refractivity contribution in [2.45, 2.75) is 50.9 Å². The normalized spacial score (nSPS) is 22.6. The molecule has 2 aromatic rings. The third kappa shape index (κ3) is 3.52. The Labute approximate surface area is 146 Å². The van der Waals surface area contributed by atoms with Crippen LogP contribution in [-0.4, -0.2) is 34.5 Å². The first-order chi connectivity index (χ1) is 12.2. The summed E-state index contributed by atoms with van der Waals surface area (Å²) < 4.78 is 26.3. The average molecular weight is 346 g/mol. The van der Waals surface area contributed by atoms with E-state index in [1.807, 2.05) is 10.7 Å². The number of methoxy groups -OCH3 is 1. The molecule has 0 saturated heterocycles. The van der Waals surface area contributed by atoms with Crippen molar-refractivity contribution in [1.82, 2.24) is 20.1 Å². The molecule has 3 heterocycles. The van der Waals surface area contributed by atoms with E-state index < -0.39 is 0 Å². The number of ether oxygens (including phenoxy) is 2. The van der Waals surface area contributed by atoms with Crippen LogP contribution in [0.15, 0.2) is 18.2 Å². The molecule has 134 valence electrons. The van der Waals surface area contributed by atoms with Gasteiger partial charge in [-0.15, -0.1) is 0 Å². The zero-order valence-corrected chi connectivity index (χ0v) is 14.4. The van der Waals surface area contributed by atoms with Crippen LogP contribution in [0.3, 0.4) is 0 Å². The van der Waals surface area contributed by atoms with Crippen molar-refractivity contribution < 1.29 is 13.9 Å². The van der Waals surface area contributed by atoms with Gasteiger partial charge in [0.05, 0.1) is 13.2 Å². The van der Waals surface area contributed by atoms with Gasteiger partial charge in [-0.05, 0) is 25.3 Å². The summed E-state index contributed by atoms with van der Waals surface area (Å²) in [5.41, 5.74) is 1.04. The molecular formula is C18H23FN4O2. The predicted molar refractivity (Wildman–Crippen MR) is 89.8 cm³/mol. The summed E-state index contributed by atoms with van der Waals surface area (Å²) in [5.74, 6) is 2.17. The Morgan fingerprint density at radius 2 is 2.32 bits per heavy atom. The summed E-state index contributed by atoms with van der Waals surface area (Å²) >= 11 is 0. The first kappa shape index (κ1) is 16.5. The molecule has 2 atom stereocenters. The number of nitrogens with zero attached hydrogens (tertiary/aromatic N) is 3. The Morgan fingerprint density at radius 1 is 1.40 bits per heavy atom. The monoisotopic (exact) mass is 346 g/mol. The van der Waals surface area contributed by atoms with Gasteiger partial charge in [-0.2, -0.15) is 5.10 Å². The lowest BCUT2D eigenvalue weighted by Gasteiger charge is -2.28. The van der Waals surface area contributed by atoms with E-state index in [9.17, 15) is 4.39 Å². The van der Waals surface area contributed by atoms with Gasteiger partial charge in [0.1, 0.15) is 24.0 Å². The molecule has 0 spiro atoms. The smallest absolute Gasteiger partial charge is 0.176 e. The Kier molecular flexibility index (Phi) is 4.67. The van der Waals surface area contributed by atoms with Crippen molar-refractivity contribution in [3.05, 3.63) is 41.2 Å². The van der Waals surface area contributed by atoms with Crippen LogP contribution in [0.4, 0.5) is 4.39 Å². The molecule has 0 saturated carbocycles. The van der Waals surface area contributed by atoms with Crippen molar-refractivity contribution in [3.8, 4) is 5.75 Å². The number of hydrogen-bond donors (Lipinski definition) is 1. The van der Waals surface area contributed by atoms with E-state index in [2.05, 4.69) is 15.4 Å². The number of benzene rings is 1. The van der Waals surface area contributed by atoms with Crippen LogP contribution in [0.1, 0.15) is 42.5 Å². The van der Waals surface area contributed by atoms with Crippen LogP contribution in [0.25, 0.3) is 0 Å². The molecule has 1 N–H and O–H groups in total. The molecule has 4 rings (SSSR count). The molecule has 1 aromatic heterocycles. The largest absolute Gasteiger partial charge is 0.493 e. The minimum Gasteiger partial charge on any atom is -0.493 e. The molecule has 0 radical (unpaired) electrons. The first-order valence-corrected chi connectivity index (χ1v) is 8.83. The van der Waals surface area contributed by atoms with Crippen LogP contribution in [-0.2, 0) is 24.3 Å². The lowest BCUT2D eigenvalue weighted by molar-refractivity contribution is 0.177. The van der Waals surface area contributed by atoms with Crippen LogP contribution >= 0.6 is 0 Å². The maximum Gasteiger partial charge on any atom is 0.176 e. The van der Waals surface area contributed by atoms with Gasteiger partial charge in [0.15, 0.2) is 5.82 Å². The SMILES string of the molecule is COCc1nc2n(n1)CC(NC1CCCOc3cc(F)ccc31)CC2. The molecule has 0 bridgehead atoms. The fraction of sp³-hybridized carbons (Fsp3) is 0.556. The number of halogens is 1. The van der Waals surface area contributed by atoms with Crippen molar-refractivity contribution in [3.63, 3.8) is 0 Å². The Balaban J connectivity index is 1.49. The summed E-state index contributed by atoms with van der Waals surface area (Å²) in [4.78, 5) is 4.52. The highest BCUT2D eigenvalue weighted by atomic mass is 19.1. The Bertz CT molecular complexity index is 749. The molecule has 2 aliphatic rings. The third-order valence-electron chi connectivity index (χ3n) is 4.86. The molecule has 1 aromatic carbocycles. The maximum absolute atomic E-state index is 13.5. The highest BCUT2D eigenvalue weighted by Gasteiger charge is 2.27. The van der Waals surface area contributed by atoms with Gasteiger partial charge >= 0.3 is 0 Å². The minimum atomic E-state index is -0.255. The van der Waals surface area contributed by atoms with E-state index in [1.165, 1.54) is 12.1 Å². The zero-order valence-electron chi connectivity index (χ0n) is 14.4. The summed E-state index contributed by atoms with van der Waals surface area (Å²) in [5, 5.41) is 8.26. The highest BCUT2D eigenvalue weighted by molar-refractivity contribution is 5.37. The second-order valence-corrected chi connectivity index (χ2v) is 6.69. The van der Waals surface area contributed by atoms with Crippen LogP contribution in [0.5, 0.6) is 5.75 Å². The van der Waals surface area contributed by atoms with Crippen molar-refractivity contribution in [2.75, 3.05) is 13.7 Å². The number of hydrogen-bond acceptors (Lipinski definition) is 5. The number of aryl methyl sites for hydroxylation is 1. The molecule has 2 unspecified atom stereocenters. The lowest BCUT2D eigenvalue weighted by atomic mass is 9.99. The molecule has 2 aliphatic heterocycles. The van der Waals surface area contributed by atoms with E-state index in [0.29, 0.717) is 25.0 Å². The van der Waals surface area contributed by atoms with Crippen molar-refractivity contribution in [1.29, 1.82) is 0 Å². The quantitative estimate of drug-likeness (QED) is 0.921. The zero-order chi connectivity index (χ0) is 17.2. The Hall–Kier alpha value is -1.99. The summed E-state index contributed by atoms with van der Waals surface area (Å²) in [7, 11) is 1.65. The van der Waals surface area contributed by atoms with Gasteiger partial charge in [-0.3, -0.25) is 0 Å². The number of fused-ring (bicyclic) bond motifs is 2. The third-order valence-corrected chi connectivity index (χ3v) is 4.86. The summed E-state index contributed by atoms with van der Waals surface area (Å²) in [6.07, 6.45) is 3.84. The molecule has 25 heavy (non-hydrogen) atoms. The van der Waals surface area contributed by atoms with E-state index in [4.69, 9.17) is 9.47 Å². The maximum atomic E-state index is 13.5. The van der Waals surface area contributed by atoms with Gasteiger partial charge in [-0.1, -0.05) is 6.07 Å². The van der Waals surface area contributed by atoms with E-state index >= 15 is 0 Å². The fourth-order valence-corrected chi connectivity index (χ4v) is 3.69. The van der Waals surface area contributed by atoms with E-state index in [-0.39, 0.29) is 11.9 Å². The molecule has 7 heteroatoms. The van der Waals surface area contributed by atoms with E-state index in [0.717, 1.165) is 49.4 Å². The average Bonchev–Trinajstić information content (AvgIpc) is 2.89. The number of rotatable bonds is 4. The molecule has 0 aliphatic carbocycles. The van der Waals surface area contributed by atoms with Gasteiger partial charge in [-0.25, -0.2) is 14.1 Å². The lowest BCUT2D eigenvalue weighted by Crippen LogP contribution is -2.40. The van der Waals surface area contributed by atoms with Gasteiger partial charge < -0.3 is 14.8 Å². The fourth-order valence-electron chi connectivity index (χ4n) is 3.69. The standard InChI is InChI=1S/C18H23FN4O2/c1-24-11-17-21-18-7-5-13(10-23(18)22-17)20-15-3-2-8-25-16-9-12(19)4-6-14(15)16/h4,6,9,13,15,20H,2-3,5,7-8,10-11H2,1H3. The predicted octanol–water partition coefficient (Wildman–Crippen LogP) is 2.38. The first-order valence-electron chi connectivity index (χ1n) is 8.83. The van der Waals surface area contributed by atoms with Crippen LogP contribution in [0, 0.1) is 5.82 Å². The second-order valence-electron chi connectivity index (χ2n) is 6.69. The molecular weight excluding hydrogens is 323 g/mol. The number of nitrogens with one attached hydrogen (secondary N) is 1. The summed E-state index contributed by atoms with van der Waals surface area (Å²) in [6.45, 7) is 1.86. The molecule has 6 nitrogen and oxygen atoms in total. The summed E-state index contributed by atoms with van der Waals surface area (Å²) in [6, 6.07) is 5.32. The van der Waals surface area contributed by atoms with Gasteiger partial charge in [0, 0.05) is 37.2 Å². The van der Waals surface area contributed by atoms with Crippen molar-refractivity contribution in [2.24, 2.45) is 0 Å². The van der Waals surface area contributed by atoms with Crippen LogP contribution < -0.4 is 10.1 Å². The number of aromatic nitrogens is 3. The van der Waals surface area contributed by atoms with Crippen LogP contribution in [0.2, 0.25) is 0 Å². The second kappa shape index (κ2) is 7.09. The highest BCUT2D eigenvalue weighted by Crippen LogP contribution is 2.33. The topological polar surface area (TPSA) is 61.2 Å².